The van der Waals surface area contributed by atoms with Crippen LogP contribution in [0.25, 0.3) is 0 Å². The Kier molecular flexibility index (Phi) is 4.39. The molecular weight excluding hydrogens is 256 g/mol. The average molecular weight is 272 g/mol. The van der Waals surface area contributed by atoms with Gasteiger partial charge in [0.1, 0.15) is 0 Å². The first kappa shape index (κ1) is 13.7. The number of nitrogens with one attached hydrogen (secondary N) is 1. The van der Waals surface area contributed by atoms with Gasteiger partial charge in [0.25, 0.3) is 0 Å². The van der Waals surface area contributed by atoms with E-state index >= 15 is 0 Å². The van der Waals surface area contributed by atoms with E-state index in [2.05, 4.69) is 10.3 Å². The molecule has 6 heteroatoms. The molecule has 1 aromatic carbocycles. The molecule has 0 bridgehead atoms. The molecule has 1 aromatic heterocycles. The van der Waals surface area contributed by atoms with Crippen molar-refractivity contribution in [3.8, 4) is 0 Å². The van der Waals surface area contributed by atoms with Crippen molar-refractivity contribution < 1.29 is 9.21 Å². The third-order valence-corrected chi connectivity index (χ3v) is 2.62. The van der Waals surface area contributed by atoms with Crippen molar-refractivity contribution in [2.24, 2.45) is 10.7 Å². The lowest BCUT2D eigenvalue weighted by Crippen LogP contribution is -2.34. The maximum Gasteiger partial charge on any atom is 0.350 e. The zero-order valence-corrected chi connectivity index (χ0v) is 11.1. The van der Waals surface area contributed by atoms with Crippen LogP contribution in [-0.2, 0) is 6.54 Å². The Balaban J connectivity index is 1.93. The lowest BCUT2D eigenvalue weighted by molar-refractivity contribution is 0.258. The van der Waals surface area contributed by atoms with Crippen molar-refractivity contribution in [3.05, 3.63) is 54.3 Å². The van der Waals surface area contributed by atoms with Crippen LogP contribution < -0.4 is 11.1 Å². The van der Waals surface area contributed by atoms with Crippen LogP contribution in [0.4, 0.5) is 10.7 Å². The minimum atomic E-state index is -0.572. The van der Waals surface area contributed by atoms with Gasteiger partial charge in [-0.3, -0.25) is 5.32 Å². The quantitative estimate of drug-likeness (QED) is 0.663. The van der Waals surface area contributed by atoms with Gasteiger partial charge in [-0.25, -0.2) is 4.79 Å². The van der Waals surface area contributed by atoms with E-state index in [1.54, 1.807) is 24.1 Å². The highest BCUT2D eigenvalue weighted by Crippen LogP contribution is 2.07. The zero-order chi connectivity index (χ0) is 14.4. The number of amides is 2. The molecule has 0 unspecified atom stereocenters. The molecule has 3 N–H and O–H groups in total. The number of hydrogen-bond acceptors (Lipinski definition) is 2. The summed E-state index contributed by atoms with van der Waals surface area (Å²) in [4.78, 5) is 17.1. The van der Waals surface area contributed by atoms with E-state index in [-0.39, 0.29) is 5.96 Å². The molecule has 0 saturated heterocycles. The number of rotatable bonds is 3. The summed E-state index contributed by atoms with van der Waals surface area (Å²) in [5.41, 5.74) is 6.86. The molecule has 2 aromatic rings. The normalized spacial score (nSPS) is 11.2. The number of furan rings is 1. The smallest absolute Gasteiger partial charge is 0.350 e. The van der Waals surface area contributed by atoms with Crippen LogP contribution in [0.3, 0.4) is 0 Å². The molecule has 20 heavy (non-hydrogen) atoms. The first-order valence-corrected chi connectivity index (χ1v) is 6.09. The second kappa shape index (κ2) is 6.42. The summed E-state index contributed by atoms with van der Waals surface area (Å²) in [6.07, 6.45) is 1.46. The number of hydrogen-bond donors (Lipinski definition) is 2. The maximum absolute atomic E-state index is 11.6. The Bertz CT molecular complexity index is 578. The summed E-state index contributed by atoms with van der Waals surface area (Å²) >= 11 is 0. The van der Waals surface area contributed by atoms with Gasteiger partial charge in [-0.2, -0.15) is 4.99 Å². The van der Waals surface area contributed by atoms with Crippen LogP contribution in [0.2, 0.25) is 0 Å². The summed E-state index contributed by atoms with van der Waals surface area (Å²) < 4.78 is 4.99. The van der Waals surface area contributed by atoms with Gasteiger partial charge in [0.15, 0.2) is 0 Å². The fraction of sp³-hybridized carbons (Fsp3) is 0.143. The van der Waals surface area contributed by atoms with Gasteiger partial charge in [0.05, 0.1) is 6.26 Å². The van der Waals surface area contributed by atoms with Crippen molar-refractivity contribution in [3.63, 3.8) is 0 Å². The second-order valence-corrected chi connectivity index (χ2v) is 4.22. The molecule has 0 atom stereocenters. The standard InChI is InChI=1S/C14H16N4O2/c1-18(10-11-6-3-2-4-7-11)13(15)17-14(19)16-12-8-5-9-20-12/h2-9H,10H2,1H3,(H3,15,16,17,19). The monoisotopic (exact) mass is 272 g/mol. The van der Waals surface area contributed by atoms with Gasteiger partial charge in [-0.05, 0) is 11.6 Å². The topological polar surface area (TPSA) is 83.9 Å². The Morgan fingerprint density at radius 2 is 2.05 bits per heavy atom. The third kappa shape index (κ3) is 3.88. The number of nitrogens with two attached hydrogens (primary N) is 1. The molecule has 1 heterocycles. The number of urea groups is 1. The van der Waals surface area contributed by atoms with Crippen LogP contribution in [0.1, 0.15) is 5.56 Å². The summed E-state index contributed by atoms with van der Waals surface area (Å²) in [7, 11) is 1.77. The number of anilines is 1. The Morgan fingerprint density at radius 1 is 1.30 bits per heavy atom. The number of carbonyl (C=O) groups is 1. The number of nitrogens with zero attached hydrogens (tertiary/aromatic N) is 2. The molecule has 0 fully saturated rings. The van der Waals surface area contributed by atoms with Crippen molar-refractivity contribution in [1.29, 1.82) is 0 Å². The molecule has 0 aliphatic rings. The summed E-state index contributed by atoms with van der Waals surface area (Å²) in [6, 6.07) is 12.5. The van der Waals surface area contributed by atoms with E-state index in [1.165, 1.54) is 6.26 Å². The first-order chi connectivity index (χ1) is 9.65. The van der Waals surface area contributed by atoms with E-state index in [0.29, 0.717) is 12.4 Å². The first-order valence-electron chi connectivity index (χ1n) is 6.09. The van der Waals surface area contributed by atoms with E-state index in [4.69, 9.17) is 10.2 Å². The molecule has 104 valence electrons. The fourth-order valence-electron chi connectivity index (χ4n) is 1.61. The molecule has 2 rings (SSSR count). The highest BCUT2D eigenvalue weighted by molar-refractivity contribution is 5.97. The van der Waals surface area contributed by atoms with Crippen LogP contribution in [0, 0.1) is 0 Å². The Labute approximate surface area is 116 Å². The number of guanidine groups is 1. The predicted molar refractivity (Wildman–Crippen MR) is 77.3 cm³/mol. The Hall–Kier alpha value is -2.76. The second-order valence-electron chi connectivity index (χ2n) is 4.22. The largest absolute Gasteiger partial charge is 0.449 e. The fourth-order valence-corrected chi connectivity index (χ4v) is 1.61. The summed E-state index contributed by atoms with van der Waals surface area (Å²) in [5.74, 6) is 0.468. The van der Waals surface area contributed by atoms with Crippen LogP contribution in [0.15, 0.2) is 58.1 Å². The van der Waals surface area contributed by atoms with Crippen LogP contribution in [0.5, 0.6) is 0 Å². The number of benzene rings is 1. The van der Waals surface area contributed by atoms with Gasteiger partial charge in [0.2, 0.25) is 11.8 Å². The highest BCUT2D eigenvalue weighted by atomic mass is 16.3. The molecule has 0 spiro atoms. The molecular formula is C14H16N4O2. The molecule has 0 radical (unpaired) electrons. The van der Waals surface area contributed by atoms with Crippen LogP contribution >= 0.6 is 0 Å². The van der Waals surface area contributed by atoms with Gasteiger partial charge in [-0.15, -0.1) is 0 Å². The lowest BCUT2D eigenvalue weighted by Gasteiger charge is -2.17. The lowest BCUT2D eigenvalue weighted by atomic mass is 10.2. The van der Waals surface area contributed by atoms with Crippen molar-refractivity contribution >= 4 is 17.9 Å². The molecule has 2 amide bonds. The van der Waals surface area contributed by atoms with Crippen molar-refractivity contribution in [1.82, 2.24) is 4.90 Å². The van der Waals surface area contributed by atoms with Gasteiger partial charge in [0, 0.05) is 19.7 Å². The minimum Gasteiger partial charge on any atom is -0.449 e. The van der Waals surface area contributed by atoms with Gasteiger partial charge < -0.3 is 15.1 Å². The minimum absolute atomic E-state index is 0.137. The van der Waals surface area contributed by atoms with Crippen molar-refractivity contribution in [2.75, 3.05) is 12.4 Å². The van der Waals surface area contributed by atoms with Crippen molar-refractivity contribution in [2.45, 2.75) is 6.54 Å². The molecule has 0 aliphatic heterocycles. The predicted octanol–water partition coefficient (Wildman–Crippen LogP) is 2.26. The van der Waals surface area contributed by atoms with Crippen LogP contribution in [-0.4, -0.2) is 23.9 Å². The van der Waals surface area contributed by atoms with E-state index in [0.717, 1.165) is 5.56 Å². The van der Waals surface area contributed by atoms with E-state index < -0.39 is 6.03 Å². The molecule has 6 nitrogen and oxygen atoms in total. The number of carbonyl (C=O) groups excluding carboxylic acids is 1. The molecule has 0 aliphatic carbocycles. The summed E-state index contributed by atoms with van der Waals surface area (Å²) in [5, 5.41) is 2.47. The van der Waals surface area contributed by atoms with E-state index in [9.17, 15) is 4.79 Å². The zero-order valence-electron chi connectivity index (χ0n) is 11.1. The Morgan fingerprint density at radius 3 is 2.70 bits per heavy atom. The van der Waals surface area contributed by atoms with Gasteiger partial charge >= 0.3 is 6.03 Å². The van der Waals surface area contributed by atoms with E-state index in [1.807, 2.05) is 30.3 Å². The SMILES string of the molecule is CN(Cc1ccccc1)/C(N)=N\C(=O)Nc1ccco1. The number of aliphatic imine (C=N–C) groups is 1. The third-order valence-electron chi connectivity index (χ3n) is 2.62. The highest BCUT2D eigenvalue weighted by Gasteiger charge is 2.07. The molecule has 0 saturated carbocycles. The maximum atomic E-state index is 11.6. The average Bonchev–Trinajstić information content (AvgIpc) is 2.92. The van der Waals surface area contributed by atoms with Gasteiger partial charge in [-0.1, -0.05) is 30.3 Å². The summed E-state index contributed by atoms with van der Waals surface area (Å²) in [6.45, 7) is 0.574.